The van der Waals surface area contributed by atoms with Crippen molar-refractivity contribution in [1.29, 1.82) is 0 Å². The van der Waals surface area contributed by atoms with Crippen molar-refractivity contribution in [3.8, 4) is 0 Å². The van der Waals surface area contributed by atoms with E-state index in [-0.39, 0.29) is 0 Å². The average Bonchev–Trinajstić information content (AvgIpc) is 2.38. The Morgan fingerprint density at radius 2 is 1.95 bits per heavy atom. The second-order valence-corrected chi connectivity index (χ2v) is 6.03. The number of guanidine groups is 1. The molecule has 1 fully saturated rings. The number of piperidine rings is 1. The van der Waals surface area contributed by atoms with Crippen molar-refractivity contribution in [3.05, 3.63) is 0 Å². The van der Waals surface area contributed by atoms with E-state index in [1.165, 1.54) is 45.3 Å². The molecule has 0 aliphatic carbocycles. The summed E-state index contributed by atoms with van der Waals surface area (Å²) in [7, 11) is 1.83. The van der Waals surface area contributed by atoms with Gasteiger partial charge in [-0.3, -0.25) is 4.99 Å². The van der Waals surface area contributed by atoms with Crippen molar-refractivity contribution in [2.45, 2.75) is 52.5 Å². The van der Waals surface area contributed by atoms with E-state index in [1.54, 1.807) is 0 Å². The highest BCUT2D eigenvalue weighted by molar-refractivity contribution is 5.79. The minimum Gasteiger partial charge on any atom is -0.356 e. The van der Waals surface area contributed by atoms with Gasteiger partial charge in [-0.15, -0.1) is 0 Å². The van der Waals surface area contributed by atoms with Crippen LogP contribution in [-0.4, -0.2) is 50.1 Å². The van der Waals surface area contributed by atoms with Crippen molar-refractivity contribution in [3.63, 3.8) is 0 Å². The molecule has 1 heterocycles. The van der Waals surface area contributed by atoms with Crippen LogP contribution in [0, 0.1) is 5.92 Å². The molecule has 2 N–H and O–H groups in total. The molecule has 0 aromatic heterocycles. The van der Waals surface area contributed by atoms with Gasteiger partial charge in [-0.05, 0) is 65.1 Å². The Labute approximate surface area is 119 Å². The molecule has 0 spiro atoms. The Kier molecular flexibility index (Phi) is 7.87. The van der Waals surface area contributed by atoms with Gasteiger partial charge < -0.3 is 15.5 Å². The van der Waals surface area contributed by atoms with E-state index in [0.717, 1.165) is 18.4 Å². The Morgan fingerprint density at radius 1 is 1.26 bits per heavy atom. The molecule has 19 heavy (non-hydrogen) atoms. The Bertz CT molecular complexity index is 255. The molecule has 0 radical (unpaired) electrons. The predicted octanol–water partition coefficient (Wildman–Crippen LogP) is 2.07. The third-order valence-corrected chi connectivity index (χ3v) is 3.72. The first-order valence-electron chi connectivity index (χ1n) is 7.81. The van der Waals surface area contributed by atoms with Gasteiger partial charge in [-0.25, -0.2) is 0 Å². The number of rotatable bonds is 6. The van der Waals surface area contributed by atoms with Gasteiger partial charge in [-0.2, -0.15) is 0 Å². The lowest BCUT2D eigenvalue weighted by Crippen LogP contribution is -2.41. The van der Waals surface area contributed by atoms with Crippen molar-refractivity contribution in [2.75, 3.05) is 33.2 Å². The molecular formula is C15H32N4. The number of hydrogen-bond acceptors (Lipinski definition) is 2. The first kappa shape index (κ1) is 16.3. The van der Waals surface area contributed by atoms with Gasteiger partial charge >= 0.3 is 0 Å². The largest absolute Gasteiger partial charge is 0.356 e. The third-order valence-electron chi connectivity index (χ3n) is 3.72. The van der Waals surface area contributed by atoms with Crippen LogP contribution in [0.5, 0.6) is 0 Å². The van der Waals surface area contributed by atoms with Crippen molar-refractivity contribution in [1.82, 2.24) is 15.5 Å². The molecule has 0 bridgehead atoms. The molecule has 4 heteroatoms. The second-order valence-electron chi connectivity index (χ2n) is 6.03. The second kappa shape index (κ2) is 9.18. The standard InChI is InChI=1S/C15H32N4/c1-13(2)18-15(16-4)17-9-5-6-10-19-11-7-14(3)8-12-19/h13-14H,5-12H2,1-4H3,(H2,16,17,18). The minimum absolute atomic E-state index is 0.432. The number of likely N-dealkylation sites (tertiary alicyclic amines) is 1. The van der Waals surface area contributed by atoms with E-state index >= 15 is 0 Å². The van der Waals surface area contributed by atoms with E-state index in [0.29, 0.717) is 6.04 Å². The maximum absolute atomic E-state index is 4.21. The van der Waals surface area contributed by atoms with Gasteiger partial charge in [0.05, 0.1) is 0 Å². The van der Waals surface area contributed by atoms with Crippen LogP contribution in [-0.2, 0) is 0 Å². The van der Waals surface area contributed by atoms with Crippen molar-refractivity contribution < 1.29 is 0 Å². The van der Waals surface area contributed by atoms with Crippen molar-refractivity contribution in [2.24, 2.45) is 10.9 Å². The number of hydrogen-bond donors (Lipinski definition) is 2. The maximum atomic E-state index is 4.21. The molecule has 0 atom stereocenters. The normalized spacial score (nSPS) is 18.9. The van der Waals surface area contributed by atoms with Crippen LogP contribution >= 0.6 is 0 Å². The van der Waals surface area contributed by atoms with Crippen LogP contribution in [0.25, 0.3) is 0 Å². The molecule has 1 aliphatic rings. The van der Waals surface area contributed by atoms with Gasteiger partial charge in [0, 0.05) is 19.6 Å². The summed E-state index contributed by atoms with van der Waals surface area (Å²) in [4.78, 5) is 6.82. The number of nitrogens with one attached hydrogen (secondary N) is 2. The lowest BCUT2D eigenvalue weighted by Gasteiger charge is -2.30. The average molecular weight is 268 g/mol. The zero-order valence-corrected chi connectivity index (χ0v) is 13.2. The number of aliphatic imine (C=N–C) groups is 1. The molecule has 1 rings (SSSR count). The highest BCUT2D eigenvalue weighted by Gasteiger charge is 2.14. The van der Waals surface area contributed by atoms with E-state index in [2.05, 4.69) is 41.3 Å². The van der Waals surface area contributed by atoms with Gasteiger partial charge in [0.2, 0.25) is 0 Å². The van der Waals surface area contributed by atoms with Gasteiger partial charge in [-0.1, -0.05) is 6.92 Å². The van der Waals surface area contributed by atoms with E-state index in [4.69, 9.17) is 0 Å². The lowest BCUT2D eigenvalue weighted by atomic mass is 9.99. The van der Waals surface area contributed by atoms with Crippen LogP contribution in [0.4, 0.5) is 0 Å². The fraction of sp³-hybridized carbons (Fsp3) is 0.933. The van der Waals surface area contributed by atoms with Crippen LogP contribution in [0.3, 0.4) is 0 Å². The van der Waals surface area contributed by atoms with E-state index < -0.39 is 0 Å². The Hall–Kier alpha value is -0.770. The molecule has 0 amide bonds. The summed E-state index contributed by atoms with van der Waals surface area (Å²) in [6.45, 7) is 11.5. The highest BCUT2D eigenvalue weighted by atomic mass is 15.2. The van der Waals surface area contributed by atoms with Crippen LogP contribution in [0.15, 0.2) is 4.99 Å². The van der Waals surface area contributed by atoms with Crippen molar-refractivity contribution >= 4 is 5.96 Å². The van der Waals surface area contributed by atoms with E-state index in [9.17, 15) is 0 Å². The lowest BCUT2D eigenvalue weighted by molar-refractivity contribution is 0.189. The van der Waals surface area contributed by atoms with Crippen LogP contribution in [0.1, 0.15) is 46.5 Å². The van der Waals surface area contributed by atoms with Gasteiger partial charge in [0.1, 0.15) is 0 Å². The van der Waals surface area contributed by atoms with Gasteiger partial charge in [0.15, 0.2) is 5.96 Å². The fourth-order valence-corrected chi connectivity index (χ4v) is 2.42. The molecule has 0 aromatic carbocycles. The smallest absolute Gasteiger partial charge is 0.191 e. The van der Waals surface area contributed by atoms with E-state index in [1.807, 2.05) is 7.05 Å². The topological polar surface area (TPSA) is 39.7 Å². The Balaban J connectivity index is 2.01. The molecule has 1 saturated heterocycles. The Morgan fingerprint density at radius 3 is 2.53 bits per heavy atom. The number of unbranched alkanes of at least 4 members (excludes halogenated alkanes) is 1. The zero-order valence-electron chi connectivity index (χ0n) is 13.2. The molecule has 0 saturated carbocycles. The molecular weight excluding hydrogens is 236 g/mol. The summed E-state index contributed by atoms with van der Waals surface area (Å²) in [5.74, 6) is 1.85. The SMILES string of the molecule is CN=C(NCCCCN1CCC(C)CC1)NC(C)C. The molecule has 1 aliphatic heterocycles. The summed E-state index contributed by atoms with van der Waals surface area (Å²) < 4.78 is 0. The third kappa shape index (κ3) is 7.41. The molecule has 0 unspecified atom stereocenters. The zero-order chi connectivity index (χ0) is 14.1. The molecule has 112 valence electrons. The minimum atomic E-state index is 0.432. The summed E-state index contributed by atoms with van der Waals surface area (Å²) in [5, 5.41) is 6.67. The quantitative estimate of drug-likeness (QED) is 0.440. The summed E-state index contributed by atoms with van der Waals surface area (Å²) in [5.41, 5.74) is 0. The highest BCUT2D eigenvalue weighted by Crippen LogP contribution is 2.15. The van der Waals surface area contributed by atoms with Gasteiger partial charge in [0.25, 0.3) is 0 Å². The predicted molar refractivity (Wildman–Crippen MR) is 83.7 cm³/mol. The van der Waals surface area contributed by atoms with Crippen LogP contribution in [0.2, 0.25) is 0 Å². The first-order chi connectivity index (χ1) is 9.11. The fourth-order valence-electron chi connectivity index (χ4n) is 2.42. The summed E-state index contributed by atoms with van der Waals surface area (Å²) >= 11 is 0. The maximum Gasteiger partial charge on any atom is 0.191 e. The van der Waals surface area contributed by atoms with Crippen LogP contribution < -0.4 is 10.6 Å². The monoisotopic (exact) mass is 268 g/mol. The first-order valence-corrected chi connectivity index (χ1v) is 7.81. The molecule has 0 aromatic rings. The number of nitrogens with zero attached hydrogens (tertiary/aromatic N) is 2. The molecule has 4 nitrogen and oxygen atoms in total. The summed E-state index contributed by atoms with van der Waals surface area (Å²) in [6, 6.07) is 0.432. The summed E-state index contributed by atoms with van der Waals surface area (Å²) in [6.07, 6.45) is 5.25.